The second kappa shape index (κ2) is 4.28. The zero-order chi connectivity index (χ0) is 13.5. The Hall–Kier alpha value is -1.56. The number of aromatic nitrogens is 1. The van der Waals surface area contributed by atoms with Crippen LogP contribution < -0.4 is 5.73 Å². The van der Waals surface area contributed by atoms with Crippen molar-refractivity contribution < 1.29 is 17.6 Å². The predicted molar refractivity (Wildman–Crippen MR) is 60.5 cm³/mol. The van der Waals surface area contributed by atoms with Gasteiger partial charge < -0.3 is 10.3 Å². The molecule has 2 aromatic rings. The third-order valence-corrected chi connectivity index (χ3v) is 2.65. The van der Waals surface area contributed by atoms with Gasteiger partial charge in [-0.25, -0.2) is 4.39 Å². The number of alkyl halides is 3. The Morgan fingerprint density at radius 2 is 2.00 bits per heavy atom. The van der Waals surface area contributed by atoms with Gasteiger partial charge in [0.2, 0.25) is 0 Å². The summed E-state index contributed by atoms with van der Waals surface area (Å²) in [7, 11) is 0. The lowest BCUT2D eigenvalue weighted by atomic mass is 10.1. The fourth-order valence-electron chi connectivity index (χ4n) is 1.90. The van der Waals surface area contributed by atoms with Crippen LogP contribution in [-0.4, -0.2) is 10.6 Å². The number of hydrogen-bond acceptors (Lipinski definition) is 1. The molecule has 0 saturated carbocycles. The first-order chi connectivity index (χ1) is 8.29. The van der Waals surface area contributed by atoms with Crippen molar-refractivity contribution in [3.63, 3.8) is 0 Å². The average molecular weight is 260 g/mol. The maximum absolute atomic E-state index is 13.3. The van der Waals surface area contributed by atoms with E-state index in [-0.39, 0.29) is 6.04 Å². The van der Waals surface area contributed by atoms with Gasteiger partial charge in [0.05, 0.1) is 5.56 Å². The Morgan fingerprint density at radius 1 is 1.33 bits per heavy atom. The molecule has 0 bridgehead atoms. The van der Waals surface area contributed by atoms with Crippen molar-refractivity contribution in [3.8, 4) is 0 Å². The Labute approximate surface area is 101 Å². The summed E-state index contributed by atoms with van der Waals surface area (Å²) in [5, 5.41) is 0.432. The second-order valence-electron chi connectivity index (χ2n) is 4.33. The first kappa shape index (κ1) is 12.9. The van der Waals surface area contributed by atoms with E-state index in [1.165, 1.54) is 0 Å². The first-order valence-electron chi connectivity index (χ1n) is 5.40. The molecule has 1 aromatic carbocycles. The monoisotopic (exact) mass is 260 g/mol. The summed E-state index contributed by atoms with van der Waals surface area (Å²) in [6.07, 6.45) is -3.09. The summed E-state index contributed by atoms with van der Waals surface area (Å²) in [4.78, 5) is 0. The van der Waals surface area contributed by atoms with E-state index < -0.39 is 17.6 Å². The van der Waals surface area contributed by atoms with Crippen molar-refractivity contribution in [1.82, 2.24) is 4.57 Å². The highest BCUT2D eigenvalue weighted by molar-refractivity contribution is 5.81. The minimum Gasteiger partial charge on any atom is -0.346 e. The molecule has 0 amide bonds. The molecule has 6 heteroatoms. The summed E-state index contributed by atoms with van der Waals surface area (Å²) in [5.41, 5.74) is 4.70. The van der Waals surface area contributed by atoms with Crippen LogP contribution in [0.3, 0.4) is 0 Å². The number of nitrogens with zero attached hydrogens (tertiary/aromatic N) is 1. The Balaban J connectivity index is 2.59. The highest BCUT2D eigenvalue weighted by Crippen LogP contribution is 2.34. The van der Waals surface area contributed by atoms with Crippen LogP contribution in [0.25, 0.3) is 10.9 Å². The topological polar surface area (TPSA) is 30.9 Å². The van der Waals surface area contributed by atoms with E-state index in [2.05, 4.69) is 0 Å². The molecule has 1 aromatic heterocycles. The van der Waals surface area contributed by atoms with Crippen molar-refractivity contribution in [2.75, 3.05) is 0 Å². The van der Waals surface area contributed by atoms with Gasteiger partial charge in [-0.05, 0) is 25.1 Å². The highest BCUT2D eigenvalue weighted by atomic mass is 19.4. The van der Waals surface area contributed by atoms with Crippen LogP contribution in [0.5, 0.6) is 0 Å². The van der Waals surface area contributed by atoms with E-state index >= 15 is 0 Å². The lowest BCUT2D eigenvalue weighted by Gasteiger charge is -2.11. The van der Waals surface area contributed by atoms with Gasteiger partial charge in [0.25, 0.3) is 0 Å². The fraction of sp³-hybridized carbons (Fsp3) is 0.333. The number of fused-ring (bicyclic) bond motifs is 1. The molecule has 0 aliphatic carbocycles. The third-order valence-electron chi connectivity index (χ3n) is 2.65. The molecular weight excluding hydrogens is 248 g/mol. The van der Waals surface area contributed by atoms with Gasteiger partial charge in [0, 0.05) is 29.7 Å². The van der Waals surface area contributed by atoms with Gasteiger partial charge in [-0.3, -0.25) is 0 Å². The molecule has 2 rings (SSSR count). The van der Waals surface area contributed by atoms with Crippen molar-refractivity contribution in [2.24, 2.45) is 5.73 Å². The minimum absolute atomic E-state index is 0.194. The molecule has 1 atom stereocenters. The van der Waals surface area contributed by atoms with Crippen molar-refractivity contribution >= 4 is 10.9 Å². The van der Waals surface area contributed by atoms with Crippen molar-refractivity contribution in [2.45, 2.75) is 25.7 Å². The highest BCUT2D eigenvalue weighted by Gasteiger charge is 2.34. The summed E-state index contributed by atoms with van der Waals surface area (Å²) >= 11 is 0. The molecule has 0 saturated heterocycles. The van der Waals surface area contributed by atoms with Gasteiger partial charge in [-0.2, -0.15) is 13.2 Å². The number of halogens is 4. The van der Waals surface area contributed by atoms with E-state index in [9.17, 15) is 17.6 Å². The van der Waals surface area contributed by atoms with E-state index in [0.29, 0.717) is 17.4 Å². The normalized spacial score (nSPS) is 14.1. The van der Waals surface area contributed by atoms with Gasteiger partial charge >= 0.3 is 6.18 Å². The van der Waals surface area contributed by atoms with E-state index in [4.69, 9.17) is 5.73 Å². The summed E-state index contributed by atoms with van der Waals surface area (Å²) in [6.45, 7) is 2.13. The molecule has 18 heavy (non-hydrogen) atoms. The first-order valence-corrected chi connectivity index (χ1v) is 5.40. The van der Waals surface area contributed by atoms with Gasteiger partial charge in [0.15, 0.2) is 0 Å². The number of benzene rings is 1. The molecule has 0 aliphatic rings. The lowest BCUT2D eigenvalue weighted by molar-refractivity contribution is -0.139. The van der Waals surface area contributed by atoms with Crippen molar-refractivity contribution in [3.05, 3.63) is 35.8 Å². The quantitative estimate of drug-likeness (QED) is 0.826. The molecule has 2 nitrogen and oxygen atoms in total. The van der Waals surface area contributed by atoms with E-state index in [0.717, 1.165) is 12.1 Å². The maximum Gasteiger partial charge on any atom is 0.419 e. The van der Waals surface area contributed by atoms with Crippen LogP contribution in [0.15, 0.2) is 24.4 Å². The van der Waals surface area contributed by atoms with Gasteiger partial charge in [0.1, 0.15) is 5.82 Å². The standard InChI is InChI=1S/C12H12F4N2/c1-7(17)6-18-3-2-8-4-10(13)9(5-11(8)18)12(14,15)16/h2-5,7H,6,17H2,1H3/t7-/m0/s1. The molecule has 98 valence electrons. The van der Waals surface area contributed by atoms with Crippen LogP contribution >= 0.6 is 0 Å². The Morgan fingerprint density at radius 3 is 2.56 bits per heavy atom. The molecule has 0 spiro atoms. The van der Waals surface area contributed by atoms with Gasteiger partial charge in [-0.1, -0.05) is 0 Å². The summed E-state index contributed by atoms with van der Waals surface area (Å²) in [5.74, 6) is -1.26. The third kappa shape index (κ3) is 2.33. The molecule has 0 unspecified atom stereocenters. The van der Waals surface area contributed by atoms with Gasteiger partial charge in [-0.15, -0.1) is 0 Å². The minimum atomic E-state index is -4.69. The molecule has 1 heterocycles. The van der Waals surface area contributed by atoms with Crippen molar-refractivity contribution in [1.29, 1.82) is 0 Å². The van der Waals surface area contributed by atoms with Crippen LogP contribution in [0, 0.1) is 5.82 Å². The van der Waals surface area contributed by atoms with E-state index in [1.54, 1.807) is 23.8 Å². The smallest absolute Gasteiger partial charge is 0.346 e. The molecule has 0 radical (unpaired) electrons. The lowest BCUT2D eigenvalue weighted by Crippen LogP contribution is -2.21. The SMILES string of the molecule is C[C@H](N)Cn1ccc2cc(F)c(C(F)(F)F)cc21. The molecule has 0 aliphatic heterocycles. The molecule has 0 fully saturated rings. The van der Waals surface area contributed by atoms with E-state index in [1.807, 2.05) is 0 Å². The number of rotatable bonds is 2. The molecule has 2 N–H and O–H groups in total. The zero-order valence-electron chi connectivity index (χ0n) is 9.63. The zero-order valence-corrected chi connectivity index (χ0v) is 9.63. The molecular formula is C12H12F4N2. The predicted octanol–water partition coefficient (Wildman–Crippen LogP) is 3.15. The number of hydrogen-bond donors (Lipinski definition) is 1. The maximum atomic E-state index is 13.3. The Bertz CT molecular complexity index is 569. The van der Waals surface area contributed by atoms with Crippen LogP contribution in [0.2, 0.25) is 0 Å². The number of nitrogens with two attached hydrogens (primary N) is 1. The van der Waals surface area contributed by atoms with Crippen LogP contribution in [0.4, 0.5) is 17.6 Å². The summed E-state index contributed by atoms with van der Waals surface area (Å²) < 4.78 is 52.7. The summed E-state index contributed by atoms with van der Waals surface area (Å²) in [6, 6.07) is 3.10. The second-order valence-corrected chi connectivity index (χ2v) is 4.33. The average Bonchev–Trinajstić information content (AvgIpc) is 2.57. The van der Waals surface area contributed by atoms with Crippen LogP contribution in [0.1, 0.15) is 12.5 Å². The fourth-order valence-corrected chi connectivity index (χ4v) is 1.90. The Kier molecular flexibility index (Phi) is 3.06. The largest absolute Gasteiger partial charge is 0.419 e. The van der Waals surface area contributed by atoms with Crippen LogP contribution in [-0.2, 0) is 12.7 Å².